The number of methoxy groups -OCH3 is 1. The highest BCUT2D eigenvalue weighted by Crippen LogP contribution is 2.28. The third kappa shape index (κ3) is 3.10. The first-order valence-electron chi connectivity index (χ1n) is 6.37. The Hall–Kier alpha value is -2.22. The molecule has 7 nitrogen and oxygen atoms in total. The van der Waals surface area contributed by atoms with Gasteiger partial charge in [0, 0.05) is 24.5 Å². The SMILES string of the molecule is CCn1cc(S(=O)(=O)Nc2ccc(N)cc2OC)nc1C. The Morgan fingerprint density at radius 2 is 2.14 bits per heavy atom. The van der Waals surface area contributed by atoms with Crippen molar-refractivity contribution in [1.29, 1.82) is 0 Å². The maximum absolute atomic E-state index is 12.4. The lowest BCUT2D eigenvalue weighted by Crippen LogP contribution is -2.14. The molecule has 0 aliphatic heterocycles. The molecule has 0 aliphatic rings. The molecule has 8 heteroatoms. The van der Waals surface area contributed by atoms with Crippen LogP contribution < -0.4 is 15.2 Å². The van der Waals surface area contributed by atoms with Crippen LogP contribution in [0.5, 0.6) is 5.75 Å². The highest BCUT2D eigenvalue weighted by atomic mass is 32.2. The van der Waals surface area contributed by atoms with E-state index in [2.05, 4.69) is 9.71 Å². The molecule has 0 saturated carbocycles. The number of aromatic nitrogens is 2. The van der Waals surface area contributed by atoms with Gasteiger partial charge in [0.15, 0.2) is 5.03 Å². The molecule has 0 radical (unpaired) electrons. The normalized spacial score (nSPS) is 11.4. The van der Waals surface area contributed by atoms with Crippen LogP contribution in [0.25, 0.3) is 0 Å². The molecule has 21 heavy (non-hydrogen) atoms. The van der Waals surface area contributed by atoms with Crippen LogP contribution >= 0.6 is 0 Å². The van der Waals surface area contributed by atoms with E-state index in [4.69, 9.17) is 10.5 Å². The summed E-state index contributed by atoms with van der Waals surface area (Å²) in [6.45, 7) is 4.33. The minimum atomic E-state index is -3.77. The number of nitrogens with one attached hydrogen (secondary N) is 1. The van der Waals surface area contributed by atoms with Crippen LogP contribution in [0, 0.1) is 6.92 Å². The summed E-state index contributed by atoms with van der Waals surface area (Å²) in [4.78, 5) is 4.07. The fourth-order valence-electron chi connectivity index (χ4n) is 1.92. The molecule has 0 aliphatic carbocycles. The lowest BCUT2D eigenvalue weighted by atomic mass is 10.2. The molecule has 1 heterocycles. The molecule has 0 saturated heterocycles. The van der Waals surface area contributed by atoms with E-state index in [1.165, 1.54) is 13.3 Å². The van der Waals surface area contributed by atoms with Gasteiger partial charge in [0.25, 0.3) is 10.0 Å². The van der Waals surface area contributed by atoms with Gasteiger partial charge < -0.3 is 15.0 Å². The quantitative estimate of drug-likeness (QED) is 0.817. The van der Waals surface area contributed by atoms with Gasteiger partial charge in [-0.3, -0.25) is 4.72 Å². The van der Waals surface area contributed by atoms with Gasteiger partial charge in [-0.1, -0.05) is 0 Å². The second-order valence-electron chi connectivity index (χ2n) is 4.48. The predicted octanol–water partition coefficient (Wildman–Crippen LogP) is 1.60. The molecule has 3 N–H and O–H groups in total. The first kappa shape index (κ1) is 15.2. The average Bonchev–Trinajstić information content (AvgIpc) is 2.82. The summed E-state index contributed by atoms with van der Waals surface area (Å²) >= 11 is 0. The second kappa shape index (κ2) is 5.65. The molecule has 0 fully saturated rings. The number of rotatable bonds is 5. The first-order chi connectivity index (χ1) is 9.87. The molecule has 0 spiro atoms. The zero-order chi connectivity index (χ0) is 15.6. The summed E-state index contributed by atoms with van der Waals surface area (Å²) in [7, 11) is -2.33. The van der Waals surface area contributed by atoms with Crippen molar-refractivity contribution in [1.82, 2.24) is 9.55 Å². The van der Waals surface area contributed by atoms with Gasteiger partial charge in [-0.05, 0) is 26.0 Å². The van der Waals surface area contributed by atoms with Crippen LogP contribution in [-0.4, -0.2) is 25.1 Å². The Bertz CT molecular complexity index is 753. The molecule has 1 aromatic carbocycles. The summed E-state index contributed by atoms with van der Waals surface area (Å²) in [6, 6.07) is 4.69. The zero-order valence-corrected chi connectivity index (χ0v) is 12.9. The smallest absolute Gasteiger partial charge is 0.281 e. The largest absolute Gasteiger partial charge is 0.494 e. The number of nitrogen functional groups attached to an aromatic ring is 1. The maximum atomic E-state index is 12.4. The molecule has 0 amide bonds. The number of sulfonamides is 1. The van der Waals surface area contributed by atoms with Crippen molar-refractivity contribution in [2.24, 2.45) is 0 Å². The standard InChI is InChI=1S/C13H18N4O3S/c1-4-17-8-13(15-9(17)2)21(18,19)16-11-6-5-10(14)7-12(11)20-3/h5-8,16H,4,14H2,1-3H3. The van der Waals surface area contributed by atoms with Gasteiger partial charge in [-0.2, -0.15) is 8.42 Å². The van der Waals surface area contributed by atoms with E-state index >= 15 is 0 Å². The average molecular weight is 310 g/mol. The van der Waals surface area contributed by atoms with E-state index in [0.29, 0.717) is 29.5 Å². The molecule has 0 bridgehead atoms. The Labute approximate surface area is 123 Å². The predicted molar refractivity (Wildman–Crippen MR) is 80.9 cm³/mol. The van der Waals surface area contributed by atoms with Crippen LogP contribution in [0.4, 0.5) is 11.4 Å². The second-order valence-corrected chi connectivity index (χ2v) is 6.11. The molecule has 0 atom stereocenters. The Morgan fingerprint density at radius 3 is 2.71 bits per heavy atom. The number of nitrogens with zero attached hydrogens (tertiary/aromatic N) is 2. The molecule has 2 aromatic rings. The summed E-state index contributed by atoms with van der Waals surface area (Å²) in [5.41, 5.74) is 6.45. The van der Waals surface area contributed by atoms with Crippen molar-refractivity contribution in [3.63, 3.8) is 0 Å². The number of anilines is 2. The Morgan fingerprint density at radius 1 is 1.43 bits per heavy atom. The molecular weight excluding hydrogens is 292 g/mol. The first-order valence-corrected chi connectivity index (χ1v) is 7.85. The molecule has 2 rings (SSSR count). The summed E-state index contributed by atoms with van der Waals surface area (Å²) in [5, 5.41) is -0.0271. The van der Waals surface area contributed by atoms with Crippen LogP contribution in [-0.2, 0) is 16.6 Å². The van der Waals surface area contributed by atoms with Gasteiger partial charge in [-0.15, -0.1) is 0 Å². The van der Waals surface area contributed by atoms with Crippen LogP contribution in [0.15, 0.2) is 29.4 Å². The zero-order valence-electron chi connectivity index (χ0n) is 12.1. The van der Waals surface area contributed by atoms with Crippen LogP contribution in [0.3, 0.4) is 0 Å². The fraction of sp³-hybridized carbons (Fsp3) is 0.308. The third-order valence-electron chi connectivity index (χ3n) is 3.04. The number of hydrogen-bond acceptors (Lipinski definition) is 5. The van der Waals surface area contributed by atoms with Crippen LogP contribution in [0.1, 0.15) is 12.7 Å². The van der Waals surface area contributed by atoms with Gasteiger partial charge in [0.2, 0.25) is 0 Å². The van der Waals surface area contributed by atoms with Crippen molar-refractivity contribution in [3.05, 3.63) is 30.2 Å². The van der Waals surface area contributed by atoms with E-state index in [1.807, 2.05) is 6.92 Å². The van der Waals surface area contributed by atoms with Gasteiger partial charge in [-0.25, -0.2) is 4.98 Å². The van der Waals surface area contributed by atoms with Gasteiger partial charge in [0.1, 0.15) is 11.6 Å². The summed E-state index contributed by atoms with van der Waals surface area (Å²) in [6.07, 6.45) is 1.50. The Balaban J connectivity index is 2.37. The van der Waals surface area contributed by atoms with E-state index in [0.717, 1.165) is 0 Å². The Kier molecular flexibility index (Phi) is 4.08. The number of ether oxygens (including phenoxy) is 1. The minimum absolute atomic E-state index is 0.0271. The number of imidazole rings is 1. The number of benzene rings is 1. The highest BCUT2D eigenvalue weighted by molar-refractivity contribution is 7.92. The molecule has 0 unspecified atom stereocenters. The summed E-state index contributed by atoms with van der Waals surface area (Å²) in [5.74, 6) is 0.993. The van der Waals surface area contributed by atoms with E-state index in [9.17, 15) is 8.42 Å². The lowest BCUT2D eigenvalue weighted by molar-refractivity contribution is 0.417. The third-order valence-corrected chi connectivity index (χ3v) is 4.28. The van der Waals surface area contributed by atoms with Crippen molar-refractivity contribution < 1.29 is 13.2 Å². The fourth-order valence-corrected chi connectivity index (χ4v) is 3.00. The van der Waals surface area contributed by atoms with E-state index < -0.39 is 10.0 Å². The number of aryl methyl sites for hydroxylation is 2. The monoisotopic (exact) mass is 310 g/mol. The topological polar surface area (TPSA) is 99.2 Å². The molecule has 114 valence electrons. The highest BCUT2D eigenvalue weighted by Gasteiger charge is 2.20. The molecule has 1 aromatic heterocycles. The number of nitrogens with two attached hydrogens (primary N) is 1. The van der Waals surface area contributed by atoms with Gasteiger partial charge >= 0.3 is 0 Å². The minimum Gasteiger partial charge on any atom is -0.494 e. The van der Waals surface area contributed by atoms with Crippen LogP contribution in [0.2, 0.25) is 0 Å². The van der Waals surface area contributed by atoms with E-state index in [1.54, 1.807) is 29.7 Å². The maximum Gasteiger partial charge on any atom is 0.281 e. The number of hydrogen-bond donors (Lipinski definition) is 2. The summed E-state index contributed by atoms with van der Waals surface area (Å²) < 4.78 is 34.1. The molecular formula is C13H18N4O3S. The van der Waals surface area contributed by atoms with Crippen molar-refractivity contribution in [2.75, 3.05) is 17.6 Å². The van der Waals surface area contributed by atoms with E-state index in [-0.39, 0.29) is 5.03 Å². The van der Waals surface area contributed by atoms with Crippen molar-refractivity contribution >= 4 is 21.4 Å². The van der Waals surface area contributed by atoms with Gasteiger partial charge in [0.05, 0.1) is 12.8 Å². The van der Waals surface area contributed by atoms with Crippen molar-refractivity contribution in [3.8, 4) is 5.75 Å². The van der Waals surface area contributed by atoms with Crippen molar-refractivity contribution in [2.45, 2.75) is 25.4 Å². The lowest BCUT2D eigenvalue weighted by Gasteiger charge is -2.11.